The monoisotopic (exact) mass is 402 g/mol. The number of thiol groups is 1. The Morgan fingerprint density at radius 1 is 1.26 bits per heavy atom. The number of hydrogen-bond acceptors (Lipinski definition) is 6. The van der Waals surface area contributed by atoms with Crippen molar-refractivity contribution in [1.29, 1.82) is 0 Å². The van der Waals surface area contributed by atoms with E-state index in [1.165, 1.54) is 0 Å². The van der Waals surface area contributed by atoms with E-state index in [0.29, 0.717) is 25.7 Å². The first kappa shape index (κ1) is 19.5. The number of carbonyl (C=O) groups is 2. The molecule has 9 heteroatoms. The third kappa shape index (κ3) is 8.00. The quantitative estimate of drug-likeness (QED) is 0.168. The van der Waals surface area contributed by atoms with Gasteiger partial charge in [-0.25, -0.2) is 11.0 Å². The fraction of sp³-hybridized carbons (Fsp3) is 0.357. The van der Waals surface area contributed by atoms with Crippen molar-refractivity contribution in [1.82, 2.24) is 15.4 Å². The van der Waals surface area contributed by atoms with Gasteiger partial charge >= 0.3 is 0 Å². The van der Waals surface area contributed by atoms with Gasteiger partial charge in [0.15, 0.2) is 0 Å². The molecule has 126 valence electrons. The van der Waals surface area contributed by atoms with Crippen molar-refractivity contribution in [3.63, 3.8) is 0 Å². The Labute approximate surface area is 148 Å². The molecule has 0 aromatic heterocycles. The topological polar surface area (TPSA) is 94.0 Å². The smallest absolute Gasteiger partial charge is 0.252 e. The summed E-state index contributed by atoms with van der Waals surface area (Å²) in [6.45, 7) is 0. The summed E-state index contributed by atoms with van der Waals surface area (Å²) in [5.74, 6) is -0.639. The summed E-state index contributed by atoms with van der Waals surface area (Å²) in [6, 6.07) is 7.55. The minimum absolute atomic E-state index is 0.218. The molecule has 0 aliphatic rings. The molecule has 23 heavy (non-hydrogen) atoms. The highest BCUT2D eigenvalue weighted by molar-refractivity contribution is 9.10. The number of rotatable bonds is 9. The first-order valence-corrected chi connectivity index (χ1v) is 8.22. The lowest BCUT2D eigenvalue weighted by Gasteiger charge is -2.13. The van der Waals surface area contributed by atoms with Crippen LogP contribution < -0.4 is 11.0 Å². The van der Waals surface area contributed by atoms with Gasteiger partial charge in [-0.15, -0.1) is 0 Å². The minimum Gasteiger partial charge on any atom is -0.289 e. The van der Waals surface area contributed by atoms with Gasteiger partial charge in [0.25, 0.3) is 5.91 Å². The highest BCUT2D eigenvalue weighted by atomic mass is 79.9. The number of hydrazone groups is 1. The number of hydrogen-bond donors (Lipinski definition) is 4. The highest BCUT2D eigenvalue weighted by Crippen LogP contribution is 2.13. The van der Waals surface area contributed by atoms with Crippen LogP contribution in [0.4, 0.5) is 0 Å². The fourth-order valence-corrected chi connectivity index (χ4v) is 2.23. The van der Waals surface area contributed by atoms with Gasteiger partial charge in [-0.05, 0) is 31.7 Å². The molecule has 0 saturated carbocycles. The number of unbranched alkanes of at least 4 members (excludes halogenated alkanes) is 2. The van der Waals surface area contributed by atoms with E-state index in [-0.39, 0.29) is 12.3 Å². The number of nitrogens with zero attached hydrogens (tertiary/aromatic N) is 2. The second-order valence-corrected chi connectivity index (χ2v) is 5.94. The van der Waals surface area contributed by atoms with Crippen molar-refractivity contribution < 1.29 is 14.8 Å². The fourth-order valence-electron chi connectivity index (χ4n) is 1.69. The van der Waals surface area contributed by atoms with Crippen LogP contribution in [0.1, 0.15) is 37.7 Å². The zero-order valence-electron chi connectivity index (χ0n) is 12.4. The van der Waals surface area contributed by atoms with Crippen LogP contribution in [0.2, 0.25) is 0 Å². The second kappa shape index (κ2) is 11.0. The standard InChI is InChI=1S/C14H19BrN4O3S/c15-12-7-5-4-6-11(12)10-16-18-19(23)14(21)9-3-1-2-8-13(20)17-22/h4-7,10,18,22-23H,1-3,8-9H2,(H,17,20)/b16-10+. The van der Waals surface area contributed by atoms with Gasteiger partial charge in [0.2, 0.25) is 5.91 Å². The highest BCUT2D eigenvalue weighted by Gasteiger charge is 2.08. The maximum atomic E-state index is 11.8. The predicted molar refractivity (Wildman–Crippen MR) is 93.7 cm³/mol. The lowest BCUT2D eigenvalue weighted by Crippen LogP contribution is -2.31. The number of hydrazine groups is 1. The van der Waals surface area contributed by atoms with Gasteiger partial charge in [-0.1, -0.05) is 40.5 Å². The maximum Gasteiger partial charge on any atom is 0.252 e. The second-order valence-electron chi connectivity index (χ2n) is 4.68. The summed E-state index contributed by atoms with van der Waals surface area (Å²) in [6.07, 6.45) is 4.06. The summed E-state index contributed by atoms with van der Waals surface area (Å²) in [7, 11) is 0. The molecule has 0 aliphatic carbocycles. The van der Waals surface area contributed by atoms with Crippen LogP contribution in [0.3, 0.4) is 0 Å². The molecule has 3 N–H and O–H groups in total. The van der Waals surface area contributed by atoms with E-state index in [9.17, 15) is 9.59 Å². The maximum absolute atomic E-state index is 11.8. The summed E-state index contributed by atoms with van der Waals surface area (Å²) in [5, 5.41) is 12.3. The van der Waals surface area contributed by atoms with E-state index in [2.05, 4.69) is 39.4 Å². The molecular weight excluding hydrogens is 384 g/mol. The number of hydroxylamine groups is 1. The predicted octanol–water partition coefficient (Wildman–Crippen LogP) is 2.42. The Balaban J connectivity index is 2.24. The van der Waals surface area contributed by atoms with Crippen molar-refractivity contribution in [3.05, 3.63) is 34.3 Å². The van der Waals surface area contributed by atoms with E-state index in [4.69, 9.17) is 5.21 Å². The number of nitrogens with one attached hydrogen (secondary N) is 2. The van der Waals surface area contributed by atoms with Gasteiger partial charge < -0.3 is 0 Å². The molecule has 0 heterocycles. The molecule has 1 aromatic rings. The van der Waals surface area contributed by atoms with Crippen molar-refractivity contribution in [2.75, 3.05) is 0 Å². The normalized spacial score (nSPS) is 10.6. The number of halogens is 1. The molecule has 1 aromatic carbocycles. The molecule has 0 fully saturated rings. The van der Waals surface area contributed by atoms with Crippen LogP contribution in [-0.4, -0.2) is 27.7 Å². The first-order valence-electron chi connectivity index (χ1n) is 7.02. The molecular formula is C14H19BrN4O3S. The molecule has 7 nitrogen and oxygen atoms in total. The van der Waals surface area contributed by atoms with Crippen molar-refractivity contribution >= 4 is 46.8 Å². The molecule has 0 atom stereocenters. The molecule has 0 unspecified atom stereocenters. The Morgan fingerprint density at radius 3 is 2.65 bits per heavy atom. The van der Waals surface area contributed by atoms with Gasteiger partial charge in [0.1, 0.15) is 0 Å². The number of carbonyl (C=O) groups excluding carboxylic acids is 2. The van der Waals surface area contributed by atoms with Crippen LogP contribution >= 0.6 is 28.7 Å². The molecule has 0 aliphatic heterocycles. The Hall–Kier alpha value is -1.58. The van der Waals surface area contributed by atoms with E-state index in [1.54, 1.807) is 11.7 Å². The molecule has 2 amide bonds. The molecule has 0 spiro atoms. The van der Waals surface area contributed by atoms with Gasteiger partial charge in [0, 0.05) is 22.9 Å². The zero-order chi connectivity index (χ0) is 17.1. The van der Waals surface area contributed by atoms with Crippen LogP contribution in [0.25, 0.3) is 0 Å². The summed E-state index contributed by atoms with van der Waals surface area (Å²) < 4.78 is 1.92. The third-order valence-corrected chi connectivity index (χ3v) is 3.95. The minimum atomic E-state index is -0.421. The zero-order valence-corrected chi connectivity index (χ0v) is 14.9. The van der Waals surface area contributed by atoms with Crippen molar-refractivity contribution in [3.8, 4) is 0 Å². The molecule has 0 saturated heterocycles. The van der Waals surface area contributed by atoms with E-state index in [0.717, 1.165) is 14.5 Å². The third-order valence-electron chi connectivity index (χ3n) is 2.92. The average molecular weight is 403 g/mol. The summed E-state index contributed by atoms with van der Waals surface area (Å²) in [4.78, 5) is 22.6. The van der Waals surface area contributed by atoms with E-state index >= 15 is 0 Å². The molecule has 0 radical (unpaired) electrons. The Bertz CT molecular complexity index is 557. The lowest BCUT2D eigenvalue weighted by molar-refractivity contribution is -0.129. The average Bonchev–Trinajstić information content (AvgIpc) is 2.55. The largest absolute Gasteiger partial charge is 0.289 e. The van der Waals surface area contributed by atoms with Gasteiger partial charge in [0.05, 0.1) is 6.21 Å². The molecule has 1 rings (SSSR count). The Morgan fingerprint density at radius 2 is 1.96 bits per heavy atom. The number of amides is 2. The first-order chi connectivity index (χ1) is 11.0. The summed E-state index contributed by atoms with van der Waals surface area (Å²) in [5.41, 5.74) is 4.97. The van der Waals surface area contributed by atoms with Crippen LogP contribution in [-0.2, 0) is 9.59 Å². The van der Waals surface area contributed by atoms with Crippen molar-refractivity contribution in [2.45, 2.75) is 32.1 Å². The SMILES string of the molecule is O=C(CCCCCC(=O)N(S)N/N=C/c1ccccc1Br)NO. The number of benzene rings is 1. The van der Waals surface area contributed by atoms with Crippen LogP contribution in [0.15, 0.2) is 33.8 Å². The lowest BCUT2D eigenvalue weighted by atomic mass is 10.1. The van der Waals surface area contributed by atoms with E-state index < -0.39 is 5.91 Å². The van der Waals surface area contributed by atoms with Crippen molar-refractivity contribution in [2.24, 2.45) is 5.10 Å². The van der Waals surface area contributed by atoms with E-state index in [1.807, 2.05) is 24.3 Å². The Kier molecular flexibility index (Phi) is 9.34. The van der Waals surface area contributed by atoms with Gasteiger partial charge in [-0.3, -0.25) is 14.8 Å². The van der Waals surface area contributed by atoms with Crippen LogP contribution in [0, 0.1) is 0 Å². The summed E-state index contributed by atoms with van der Waals surface area (Å²) >= 11 is 7.41. The van der Waals surface area contributed by atoms with Crippen LogP contribution in [0.5, 0.6) is 0 Å². The molecule has 0 bridgehead atoms. The van der Waals surface area contributed by atoms with Gasteiger partial charge in [-0.2, -0.15) is 9.52 Å².